The van der Waals surface area contributed by atoms with E-state index < -0.39 is 6.04 Å². The summed E-state index contributed by atoms with van der Waals surface area (Å²) < 4.78 is 0. The van der Waals surface area contributed by atoms with Crippen molar-refractivity contribution in [1.29, 1.82) is 0 Å². The molecule has 0 aromatic heterocycles. The highest BCUT2D eigenvalue weighted by molar-refractivity contribution is 5.87. The van der Waals surface area contributed by atoms with E-state index >= 15 is 0 Å². The van der Waals surface area contributed by atoms with Gasteiger partial charge in [-0.25, -0.2) is 0 Å². The van der Waals surface area contributed by atoms with Crippen LogP contribution in [0.3, 0.4) is 0 Å². The Hall–Kier alpha value is -2.62. The van der Waals surface area contributed by atoms with Crippen LogP contribution in [0.15, 0.2) is 48.5 Å². The predicted molar refractivity (Wildman–Crippen MR) is 123 cm³/mol. The van der Waals surface area contributed by atoms with Gasteiger partial charge in [0.05, 0.1) is 0 Å². The maximum Gasteiger partial charge on any atom is 0.242 e. The maximum atomic E-state index is 13.2. The van der Waals surface area contributed by atoms with Gasteiger partial charge in [-0.1, -0.05) is 67.9 Å². The monoisotopic (exact) mass is 408 g/mol. The molecule has 1 N–H and O–H groups in total. The van der Waals surface area contributed by atoms with Crippen LogP contribution in [0.5, 0.6) is 0 Å². The normalized spacial score (nSPS) is 12.8. The lowest BCUT2D eigenvalue weighted by Crippen LogP contribution is -2.49. The van der Waals surface area contributed by atoms with Gasteiger partial charge < -0.3 is 10.2 Å². The van der Waals surface area contributed by atoms with Crippen LogP contribution in [-0.4, -0.2) is 28.8 Å². The van der Waals surface area contributed by atoms with Gasteiger partial charge in [0.2, 0.25) is 11.8 Å². The molecule has 0 saturated carbocycles. The standard InChI is InChI=1S/C26H36N2O2/c1-6-20(4)27-26(30)21(5)28(18-24-10-8-19(3)9-11-24)25(29)17-16-23-14-12-22(7-2)13-15-23/h8-15,20-21H,6-7,16-18H2,1-5H3,(H,27,30)/t20-,21-/m1/s1. The Morgan fingerprint density at radius 2 is 1.47 bits per heavy atom. The number of carbonyl (C=O) groups is 2. The first-order valence-electron chi connectivity index (χ1n) is 11.1. The molecule has 0 aliphatic carbocycles. The number of benzene rings is 2. The second-order valence-electron chi connectivity index (χ2n) is 8.17. The van der Waals surface area contributed by atoms with Crippen molar-refractivity contribution in [2.45, 2.75) is 78.9 Å². The Morgan fingerprint density at radius 3 is 2.03 bits per heavy atom. The minimum Gasteiger partial charge on any atom is -0.352 e. The van der Waals surface area contributed by atoms with Gasteiger partial charge in [0.15, 0.2) is 0 Å². The zero-order valence-electron chi connectivity index (χ0n) is 19.1. The van der Waals surface area contributed by atoms with Crippen molar-refractivity contribution in [2.24, 2.45) is 0 Å². The summed E-state index contributed by atoms with van der Waals surface area (Å²) in [5, 5.41) is 3.01. The average Bonchev–Trinajstić information content (AvgIpc) is 2.76. The van der Waals surface area contributed by atoms with E-state index in [9.17, 15) is 9.59 Å². The van der Waals surface area contributed by atoms with Gasteiger partial charge in [-0.3, -0.25) is 9.59 Å². The fraction of sp³-hybridized carbons (Fsp3) is 0.462. The molecule has 0 fully saturated rings. The van der Waals surface area contributed by atoms with E-state index in [0.29, 0.717) is 19.4 Å². The molecule has 0 aliphatic rings. The van der Waals surface area contributed by atoms with E-state index in [0.717, 1.165) is 24.0 Å². The van der Waals surface area contributed by atoms with Crippen molar-refractivity contribution in [1.82, 2.24) is 10.2 Å². The fourth-order valence-electron chi connectivity index (χ4n) is 3.27. The largest absolute Gasteiger partial charge is 0.352 e. The van der Waals surface area contributed by atoms with E-state index in [1.54, 1.807) is 4.90 Å². The number of nitrogens with zero attached hydrogens (tertiary/aromatic N) is 1. The second-order valence-corrected chi connectivity index (χ2v) is 8.17. The van der Waals surface area contributed by atoms with Crippen molar-refractivity contribution in [2.75, 3.05) is 0 Å². The summed E-state index contributed by atoms with van der Waals surface area (Å²) in [6, 6.07) is 16.1. The minimum atomic E-state index is -0.518. The SMILES string of the molecule is CCc1ccc(CCC(=O)N(Cc2ccc(C)cc2)[C@H](C)C(=O)N[C@H](C)CC)cc1. The molecule has 0 spiro atoms. The lowest BCUT2D eigenvalue weighted by molar-refractivity contribution is -0.140. The molecule has 0 bridgehead atoms. The van der Waals surface area contributed by atoms with Gasteiger partial charge in [0.25, 0.3) is 0 Å². The summed E-state index contributed by atoms with van der Waals surface area (Å²) in [6.45, 7) is 10.4. The lowest BCUT2D eigenvalue weighted by atomic mass is 10.0. The molecule has 0 radical (unpaired) electrons. The summed E-state index contributed by atoms with van der Waals surface area (Å²) in [7, 11) is 0. The van der Waals surface area contributed by atoms with Crippen LogP contribution in [0.2, 0.25) is 0 Å². The average molecular weight is 409 g/mol. The molecule has 0 saturated heterocycles. The molecule has 162 valence electrons. The molecule has 2 rings (SSSR count). The molecule has 0 unspecified atom stereocenters. The van der Waals surface area contributed by atoms with Gasteiger partial charge in [-0.15, -0.1) is 0 Å². The number of amides is 2. The predicted octanol–water partition coefficient (Wildman–Crippen LogP) is 4.82. The van der Waals surface area contributed by atoms with Crippen LogP contribution in [0.4, 0.5) is 0 Å². The number of carbonyl (C=O) groups excluding carboxylic acids is 2. The third-order valence-electron chi connectivity index (χ3n) is 5.70. The van der Waals surface area contributed by atoms with E-state index in [1.165, 1.54) is 11.1 Å². The van der Waals surface area contributed by atoms with E-state index in [-0.39, 0.29) is 17.9 Å². The molecule has 4 heteroatoms. The summed E-state index contributed by atoms with van der Waals surface area (Å²) in [4.78, 5) is 27.6. The van der Waals surface area contributed by atoms with E-state index in [4.69, 9.17) is 0 Å². The van der Waals surface area contributed by atoms with Crippen LogP contribution in [-0.2, 0) is 29.0 Å². The van der Waals surface area contributed by atoms with Crippen LogP contribution in [0.25, 0.3) is 0 Å². The molecule has 2 aromatic carbocycles. The molecular weight excluding hydrogens is 372 g/mol. The Kier molecular flexibility index (Phi) is 9.10. The highest BCUT2D eigenvalue weighted by atomic mass is 16.2. The molecule has 0 heterocycles. The van der Waals surface area contributed by atoms with Crippen LogP contribution < -0.4 is 5.32 Å². The fourth-order valence-corrected chi connectivity index (χ4v) is 3.27. The van der Waals surface area contributed by atoms with Gasteiger partial charge in [0.1, 0.15) is 6.04 Å². The number of nitrogens with one attached hydrogen (secondary N) is 1. The second kappa shape index (κ2) is 11.5. The summed E-state index contributed by atoms with van der Waals surface area (Å²) >= 11 is 0. The molecule has 2 amide bonds. The van der Waals surface area contributed by atoms with Gasteiger partial charge >= 0.3 is 0 Å². The molecule has 2 aromatic rings. The van der Waals surface area contributed by atoms with Gasteiger partial charge in [-0.2, -0.15) is 0 Å². The van der Waals surface area contributed by atoms with Crippen LogP contribution >= 0.6 is 0 Å². The topological polar surface area (TPSA) is 49.4 Å². The number of hydrogen-bond acceptors (Lipinski definition) is 2. The Bertz CT molecular complexity index is 812. The minimum absolute atomic E-state index is 0.00180. The molecule has 4 nitrogen and oxygen atoms in total. The smallest absolute Gasteiger partial charge is 0.242 e. The number of aryl methyl sites for hydroxylation is 3. The molecule has 30 heavy (non-hydrogen) atoms. The quantitative estimate of drug-likeness (QED) is 0.613. The Balaban J connectivity index is 2.12. The van der Waals surface area contributed by atoms with Gasteiger partial charge in [0, 0.05) is 19.0 Å². The number of rotatable bonds is 10. The summed E-state index contributed by atoms with van der Waals surface area (Å²) in [5.41, 5.74) is 4.65. The van der Waals surface area contributed by atoms with Crippen LogP contribution in [0, 0.1) is 6.92 Å². The molecular formula is C26H36N2O2. The van der Waals surface area contributed by atoms with Crippen LogP contribution in [0.1, 0.15) is 62.8 Å². The third kappa shape index (κ3) is 7.01. The third-order valence-corrected chi connectivity index (χ3v) is 5.70. The van der Waals surface area contributed by atoms with Crippen molar-refractivity contribution in [3.63, 3.8) is 0 Å². The lowest BCUT2D eigenvalue weighted by Gasteiger charge is -2.30. The zero-order valence-corrected chi connectivity index (χ0v) is 19.1. The first-order chi connectivity index (χ1) is 14.3. The first-order valence-corrected chi connectivity index (χ1v) is 11.1. The Labute approximate surface area is 181 Å². The molecule has 0 aliphatic heterocycles. The van der Waals surface area contributed by atoms with Crippen molar-refractivity contribution in [3.8, 4) is 0 Å². The first kappa shape index (κ1) is 23.7. The number of hydrogen-bond donors (Lipinski definition) is 1. The van der Waals surface area contributed by atoms with Crippen molar-refractivity contribution >= 4 is 11.8 Å². The molecule has 2 atom stereocenters. The zero-order chi connectivity index (χ0) is 22.1. The Morgan fingerprint density at radius 1 is 0.900 bits per heavy atom. The maximum absolute atomic E-state index is 13.2. The van der Waals surface area contributed by atoms with Gasteiger partial charge in [-0.05, 0) is 56.7 Å². The van der Waals surface area contributed by atoms with E-state index in [1.807, 2.05) is 52.0 Å². The van der Waals surface area contributed by atoms with Crippen molar-refractivity contribution in [3.05, 3.63) is 70.8 Å². The highest BCUT2D eigenvalue weighted by Crippen LogP contribution is 2.14. The summed E-state index contributed by atoms with van der Waals surface area (Å²) in [6.07, 6.45) is 2.93. The summed E-state index contributed by atoms with van der Waals surface area (Å²) in [5.74, 6) is -0.0981. The van der Waals surface area contributed by atoms with E-state index in [2.05, 4.69) is 36.5 Å². The van der Waals surface area contributed by atoms with Crippen molar-refractivity contribution < 1.29 is 9.59 Å². The highest BCUT2D eigenvalue weighted by Gasteiger charge is 2.26.